The van der Waals surface area contributed by atoms with Crippen molar-refractivity contribution < 1.29 is 7.32 Å². The molecule has 10 heavy (non-hydrogen) atoms. The van der Waals surface area contributed by atoms with Gasteiger partial charge in [0.05, 0.1) is 16.2 Å². The highest BCUT2D eigenvalue weighted by molar-refractivity contribution is 5.86. The Morgan fingerprint density at radius 2 is 2.40 bits per heavy atom. The highest BCUT2D eigenvalue weighted by atomic mass is 15.4. The van der Waals surface area contributed by atoms with Crippen molar-refractivity contribution in [3.05, 3.63) is 0 Å². The number of hydrogen-bond acceptors (Lipinski definition) is 1. The van der Waals surface area contributed by atoms with Crippen LogP contribution in [0, 0.1) is 0 Å². The number of fused-ring (bicyclic) bond motifs is 1. The van der Waals surface area contributed by atoms with Crippen molar-refractivity contribution in [1.29, 1.82) is 0 Å². The third kappa shape index (κ3) is 0.568. The van der Waals surface area contributed by atoms with Gasteiger partial charge in [0, 0.05) is 0 Å². The zero-order valence-corrected chi connectivity index (χ0v) is 6.76. The van der Waals surface area contributed by atoms with Gasteiger partial charge >= 0.3 is 0 Å². The number of rotatable bonds is 0. The fourth-order valence-corrected chi connectivity index (χ4v) is 1.65. The first-order valence-corrected chi connectivity index (χ1v) is 3.67. The summed E-state index contributed by atoms with van der Waals surface area (Å²) in [4.78, 5) is 2.05. The van der Waals surface area contributed by atoms with E-state index in [2.05, 4.69) is 13.8 Å². The molecule has 0 radical (unpaired) electrons. The maximum absolute atomic E-state index is 7.79. The summed E-state index contributed by atoms with van der Waals surface area (Å²) in [5, 5.41) is 0. The lowest BCUT2D eigenvalue weighted by atomic mass is 9.88. The van der Waals surface area contributed by atoms with Crippen LogP contribution in [-0.4, -0.2) is 40.9 Å². The van der Waals surface area contributed by atoms with E-state index in [1.807, 2.05) is 16.5 Å². The van der Waals surface area contributed by atoms with Crippen molar-refractivity contribution in [2.75, 3.05) is 20.1 Å². The van der Waals surface area contributed by atoms with Gasteiger partial charge in [0.25, 0.3) is 5.84 Å². The van der Waals surface area contributed by atoms with Gasteiger partial charge in [-0.25, -0.2) is 0 Å². The van der Waals surface area contributed by atoms with Gasteiger partial charge in [-0.1, -0.05) is 0 Å². The van der Waals surface area contributed by atoms with E-state index in [0.717, 1.165) is 6.42 Å². The van der Waals surface area contributed by atoms with Crippen LogP contribution in [0.3, 0.4) is 0 Å². The summed E-state index contributed by atoms with van der Waals surface area (Å²) < 4.78 is 17.4. The Balaban J connectivity index is 2.33. The van der Waals surface area contributed by atoms with Crippen molar-refractivity contribution in [1.82, 2.24) is 4.90 Å². The van der Waals surface area contributed by atoms with Crippen LogP contribution < -0.4 is 0 Å². The summed E-state index contributed by atoms with van der Waals surface area (Å²) >= 11 is 0. The molecule has 2 nitrogen and oxygen atoms in total. The third-order valence-corrected chi connectivity index (χ3v) is 2.37. The molecule has 0 aromatic rings. The summed E-state index contributed by atoms with van der Waals surface area (Å²) in [5.41, 5.74) is 0.103. The maximum Gasteiger partial charge on any atom is 0.251 e. The van der Waals surface area contributed by atoms with Crippen molar-refractivity contribution in [2.45, 2.75) is 25.8 Å². The average molecular weight is 143 g/mol. The van der Waals surface area contributed by atoms with E-state index < -0.39 is 13.0 Å². The lowest BCUT2D eigenvalue weighted by Crippen LogP contribution is -2.58. The van der Waals surface area contributed by atoms with Crippen molar-refractivity contribution in [3.8, 4) is 0 Å². The Morgan fingerprint density at radius 1 is 1.70 bits per heavy atom. The predicted molar refractivity (Wildman–Crippen MR) is 41.5 cm³/mol. The summed E-state index contributed by atoms with van der Waals surface area (Å²) in [5.74, 6) is 1.17. The summed E-state index contributed by atoms with van der Waals surface area (Å²) in [6, 6.07) is 0. The number of hydrogen-bond donors (Lipinski definition) is 0. The Bertz CT molecular complexity index is 260. The summed E-state index contributed by atoms with van der Waals surface area (Å²) in [6.07, 6.45) is 1.01. The minimum Gasteiger partial charge on any atom is -0.264 e. The minimum atomic E-state index is -0.401. The first kappa shape index (κ1) is 4.37. The Hall–Kier alpha value is -0.530. The van der Waals surface area contributed by atoms with Crippen molar-refractivity contribution in [3.63, 3.8) is 0 Å². The molecule has 2 rings (SSSR count). The quantitative estimate of drug-likeness (QED) is 0.448. The van der Waals surface area contributed by atoms with Crippen LogP contribution >= 0.6 is 0 Å². The van der Waals surface area contributed by atoms with E-state index in [9.17, 15) is 0 Å². The van der Waals surface area contributed by atoms with Gasteiger partial charge in [-0.3, -0.25) is 9.48 Å². The molecule has 0 amide bonds. The molecule has 2 aliphatic heterocycles. The van der Waals surface area contributed by atoms with Crippen LogP contribution in [0.2, 0.25) is 0 Å². The van der Waals surface area contributed by atoms with Gasteiger partial charge in [-0.15, -0.1) is 0 Å². The zero-order chi connectivity index (χ0) is 9.09. The standard InChI is InChI=1S/C8H15N2/c1-8(2)6-7-9(3)4-5-10(7)8/h4-6H2,1-3H3/q+1/i4T,5T. The maximum atomic E-state index is 7.79. The van der Waals surface area contributed by atoms with Crippen LogP contribution in [-0.2, 0) is 0 Å². The monoisotopic (exact) mass is 143 g/mol. The molecular formula is C8H15N2+. The topological polar surface area (TPSA) is 6.25 Å². The Labute approximate surface area is 65.0 Å². The molecule has 2 unspecified atom stereocenters. The van der Waals surface area contributed by atoms with Crippen LogP contribution in [0.25, 0.3) is 0 Å². The lowest BCUT2D eigenvalue weighted by Gasteiger charge is -2.40. The fourth-order valence-electron chi connectivity index (χ4n) is 1.65. The second kappa shape index (κ2) is 1.55. The van der Waals surface area contributed by atoms with E-state index in [1.54, 1.807) is 0 Å². The smallest absolute Gasteiger partial charge is 0.251 e. The average Bonchev–Trinajstić information content (AvgIpc) is 2.12. The molecule has 0 N–H and O–H groups in total. The number of amidine groups is 1. The molecular weight excluding hydrogens is 124 g/mol. The molecule has 0 bridgehead atoms. The van der Waals surface area contributed by atoms with Crippen LogP contribution in [0.1, 0.15) is 23.0 Å². The molecule has 1 saturated heterocycles. The highest BCUT2D eigenvalue weighted by Gasteiger charge is 2.52. The first-order chi connectivity index (χ1) is 5.45. The molecule has 0 aromatic heterocycles. The summed E-state index contributed by atoms with van der Waals surface area (Å²) in [7, 11) is 1.91. The molecule has 0 spiro atoms. The largest absolute Gasteiger partial charge is 0.264 e. The second-order valence-electron chi connectivity index (χ2n) is 3.68. The Morgan fingerprint density at radius 3 is 2.80 bits per heavy atom. The van der Waals surface area contributed by atoms with E-state index in [0.29, 0.717) is 0 Å². The van der Waals surface area contributed by atoms with Crippen molar-refractivity contribution >= 4 is 5.84 Å². The zero-order valence-electron chi connectivity index (χ0n) is 8.76. The first-order valence-electron chi connectivity index (χ1n) is 4.83. The Kier molecular flexibility index (Phi) is 0.677. The number of nitrogens with zero attached hydrogens (tertiary/aromatic N) is 2. The molecule has 2 aliphatic rings. The van der Waals surface area contributed by atoms with Crippen LogP contribution in [0.5, 0.6) is 0 Å². The number of likely N-dealkylation sites (N-methyl/N-ethyl adjacent to an activating group) is 1. The predicted octanol–water partition coefficient (Wildman–Crippen LogP) is 0.525. The van der Waals surface area contributed by atoms with Gasteiger partial charge in [0.2, 0.25) is 0 Å². The molecule has 0 aromatic carbocycles. The molecule has 0 aliphatic carbocycles. The van der Waals surface area contributed by atoms with Gasteiger partial charge in [0.1, 0.15) is 18.6 Å². The van der Waals surface area contributed by atoms with Gasteiger partial charge in [0.15, 0.2) is 0 Å². The molecule has 2 heteroatoms. The second-order valence-corrected chi connectivity index (χ2v) is 3.68. The van der Waals surface area contributed by atoms with E-state index >= 15 is 0 Å². The fraction of sp³-hybridized carbons (Fsp3) is 0.875. The highest BCUT2D eigenvalue weighted by Crippen LogP contribution is 2.33. The lowest BCUT2D eigenvalue weighted by molar-refractivity contribution is -0.489. The molecule has 1 fully saturated rings. The molecule has 0 saturated carbocycles. The molecule has 2 atom stereocenters. The molecule has 56 valence electrons. The van der Waals surface area contributed by atoms with Crippen LogP contribution in [0.15, 0.2) is 0 Å². The van der Waals surface area contributed by atoms with Gasteiger partial charge in [-0.2, -0.15) is 0 Å². The van der Waals surface area contributed by atoms with E-state index in [1.165, 1.54) is 5.84 Å². The third-order valence-electron chi connectivity index (χ3n) is 2.37. The SMILES string of the molecule is [3H]C1C([3H])[N+](C)=C2CC(C)(C)N21. The van der Waals surface area contributed by atoms with Crippen LogP contribution in [0.4, 0.5) is 0 Å². The van der Waals surface area contributed by atoms with Gasteiger partial charge < -0.3 is 0 Å². The molecule has 2 heterocycles. The van der Waals surface area contributed by atoms with Gasteiger partial charge in [-0.05, 0) is 13.8 Å². The van der Waals surface area contributed by atoms with Crippen molar-refractivity contribution in [2.24, 2.45) is 0 Å². The normalized spacial score (nSPS) is 46.1. The minimum absolute atomic E-state index is 0.103. The van der Waals surface area contributed by atoms with E-state index in [4.69, 9.17) is 2.74 Å². The van der Waals surface area contributed by atoms with E-state index in [-0.39, 0.29) is 5.54 Å². The summed E-state index contributed by atoms with van der Waals surface area (Å²) in [6.45, 7) is 3.46.